The fourth-order valence-electron chi connectivity index (χ4n) is 2.38. The van der Waals surface area contributed by atoms with Crippen LogP contribution in [0, 0.1) is 0 Å². The van der Waals surface area contributed by atoms with Gasteiger partial charge in [-0.15, -0.1) is 5.10 Å². The first kappa shape index (κ1) is 16.7. The van der Waals surface area contributed by atoms with Gasteiger partial charge < -0.3 is 9.47 Å². The van der Waals surface area contributed by atoms with Crippen molar-refractivity contribution in [3.63, 3.8) is 0 Å². The summed E-state index contributed by atoms with van der Waals surface area (Å²) >= 11 is 0. The highest BCUT2D eigenvalue weighted by Gasteiger charge is 2.14. The van der Waals surface area contributed by atoms with Crippen LogP contribution in [-0.2, 0) is 17.9 Å². The molecule has 3 aromatic rings. The Bertz CT molecular complexity index is 831. The largest absolute Gasteiger partial charge is 0.493 e. The lowest BCUT2D eigenvalue weighted by atomic mass is 10.2. The molecule has 0 saturated heterocycles. The highest BCUT2D eigenvalue weighted by Crippen LogP contribution is 2.19. The van der Waals surface area contributed by atoms with E-state index in [2.05, 4.69) is 10.3 Å². The molecule has 128 valence electrons. The van der Waals surface area contributed by atoms with Crippen LogP contribution in [0.4, 0.5) is 0 Å². The molecule has 2 aromatic carbocycles. The van der Waals surface area contributed by atoms with E-state index in [4.69, 9.17) is 9.47 Å². The number of hydrogen-bond acceptors (Lipinski definition) is 5. The zero-order chi connectivity index (χ0) is 17.5. The summed E-state index contributed by atoms with van der Waals surface area (Å²) in [6, 6.07) is 17.3. The molecule has 25 heavy (non-hydrogen) atoms. The average Bonchev–Trinajstić information content (AvgIpc) is 3.10. The SMILES string of the molecule is CCOc1ccccc1COC(=O)c1cn(Cc2ccccc2)nn1. The molecule has 0 unspecified atom stereocenters. The lowest BCUT2D eigenvalue weighted by Crippen LogP contribution is -2.07. The Kier molecular flexibility index (Phi) is 5.41. The molecule has 0 saturated carbocycles. The van der Waals surface area contributed by atoms with E-state index in [1.807, 2.05) is 61.5 Å². The van der Waals surface area contributed by atoms with Gasteiger partial charge in [0.1, 0.15) is 12.4 Å². The molecule has 1 heterocycles. The van der Waals surface area contributed by atoms with Crippen LogP contribution in [-0.4, -0.2) is 27.6 Å². The highest BCUT2D eigenvalue weighted by molar-refractivity contribution is 5.86. The predicted molar refractivity (Wildman–Crippen MR) is 92.3 cm³/mol. The van der Waals surface area contributed by atoms with Crippen LogP contribution in [0.2, 0.25) is 0 Å². The number of rotatable bonds is 7. The van der Waals surface area contributed by atoms with Crippen LogP contribution in [0.25, 0.3) is 0 Å². The van der Waals surface area contributed by atoms with Crippen LogP contribution in [0.3, 0.4) is 0 Å². The Morgan fingerprint density at radius 3 is 2.64 bits per heavy atom. The lowest BCUT2D eigenvalue weighted by Gasteiger charge is -2.09. The van der Waals surface area contributed by atoms with Gasteiger partial charge in [0.25, 0.3) is 0 Å². The number of esters is 1. The molecule has 0 atom stereocenters. The van der Waals surface area contributed by atoms with Crippen molar-refractivity contribution in [2.75, 3.05) is 6.61 Å². The molecule has 0 aliphatic rings. The number of nitrogens with zero attached hydrogens (tertiary/aromatic N) is 3. The Labute approximate surface area is 146 Å². The fraction of sp³-hybridized carbons (Fsp3) is 0.211. The first-order chi connectivity index (χ1) is 12.3. The van der Waals surface area contributed by atoms with Gasteiger partial charge in [-0.25, -0.2) is 9.48 Å². The normalized spacial score (nSPS) is 10.4. The molecule has 0 aliphatic carbocycles. The summed E-state index contributed by atoms with van der Waals surface area (Å²) in [5.41, 5.74) is 2.08. The van der Waals surface area contributed by atoms with E-state index in [-0.39, 0.29) is 12.3 Å². The predicted octanol–water partition coefficient (Wildman–Crippen LogP) is 3.08. The average molecular weight is 337 g/mol. The van der Waals surface area contributed by atoms with E-state index in [1.165, 1.54) is 0 Å². The first-order valence-corrected chi connectivity index (χ1v) is 8.08. The van der Waals surface area contributed by atoms with Gasteiger partial charge in [0.05, 0.1) is 19.3 Å². The quantitative estimate of drug-likeness (QED) is 0.620. The van der Waals surface area contributed by atoms with Crippen molar-refractivity contribution in [2.45, 2.75) is 20.1 Å². The van der Waals surface area contributed by atoms with Gasteiger partial charge in [0.2, 0.25) is 0 Å². The highest BCUT2D eigenvalue weighted by atomic mass is 16.5. The molecule has 0 N–H and O–H groups in total. The zero-order valence-electron chi connectivity index (χ0n) is 14.0. The number of para-hydroxylation sites is 1. The second kappa shape index (κ2) is 8.10. The minimum absolute atomic E-state index is 0.126. The molecular weight excluding hydrogens is 318 g/mol. The molecule has 3 rings (SSSR count). The summed E-state index contributed by atoms with van der Waals surface area (Å²) in [5, 5.41) is 7.87. The summed E-state index contributed by atoms with van der Waals surface area (Å²) in [6.07, 6.45) is 1.59. The van der Waals surface area contributed by atoms with Crippen molar-refractivity contribution in [1.29, 1.82) is 0 Å². The number of carbonyl (C=O) groups is 1. The van der Waals surface area contributed by atoms with Gasteiger partial charge in [-0.05, 0) is 18.6 Å². The topological polar surface area (TPSA) is 66.2 Å². The van der Waals surface area contributed by atoms with Crippen LogP contribution < -0.4 is 4.74 Å². The molecular formula is C19H19N3O3. The van der Waals surface area contributed by atoms with E-state index in [9.17, 15) is 4.79 Å². The third-order valence-electron chi connectivity index (χ3n) is 3.57. The molecule has 6 nitrogen and oxygen atoms in total. The Hall–Kier alpha value is -3.15. The lowest BCUT2D eigenvalue weighted by molar-refractivity contribution is 0.0462. The Balaban J connectivity index is 1.61. The fourth-order valence-corrected chi connectivity index (χ4v) is 2.38. The van der Waals surface area contributed by atoms with Gasteiger partial charge in [0.15, 0.2) is 5.69 Å². The molecule has 0 radical (unpaired) electrons. The number of benzene rings is 2. The van der Waals surface area contributed by atoms with Crippen LogP contribution in [0.5, 0.6) is 5.75 Å². The summed E-state index contributed by atoms with van der Waals surface area (Å²) < 4.78 is 12.5. The standard InChI is InChI=1S/C19H19N3O3/c1-2-24-18-11-7-6-10-16(18)14-25-19(23)17-13-22(21-20-17)12-15-8-4-3-5-9-15/h3-11,13H,2,12,14H2,1H3. The van der Waals surface area contributed by atoms with E-state index < -0.39 is 5.97 Å². The second-order valence-electron chi connectivity index (χ2n) is 5.40. The maximum Gasteiger partial charge on any atom is 0.360 e. The molecule has 0 amide bonds. The minimum Gasteiger partial charge on any atom is -0.493 e. The van der Waals surface area contributed by atoms with Gasteiger partial charge in [0, 0.05) is 5.56 Å². The third-order valence-corrected chi connectivity index (χ3v) is 3.57. The number of carbonyl (C=O) groups excluding carboxylic acids is 1. The molecule has 0 bridgehead atoms. The van der Waals surface area contributed by atoms with Crippen molar-refractivity contribution < 1.29 is 14.3 Å². The molecule has 0 aliphatic heterocycles. The summed E-state index contributed by atoms with van der Waals surface area (Å²) in [7, 11) is 0. The van der Waals surface area contributed by atoms with Gasteiger partial charge in [-0.1, -0.05) is 53.7 Å². The number of ether oxygens (including phenoxy) is 2. The zero-order valence-corrected chi connectivity index (χ0v) is 14.0. The van der Waals surface area contributed by atoms with Crippen molar-refractivity contribution in [1.82, 2.24) is 15.0 Å². The van der Waals surface area contributed by atoms with E-state index >= 15 is 0 Å². The van der Waals surface area contributed by atoms with Gasteiger partial charge >= 0.3 is 5.97 Å². The number of hydrogen-bond donors (Lipinski definition) is 0. The molecule has 1 aromatic heterocycles. The Morgan fingerprint density at radius 2 is 1.84 bits per heavy atom. The summed E-state index contributed by atoms with van der Waals surface area (Å²) in [6.45, 7) is 3.14. The minimum atomic E-state index is -0.509. The number of aromatic nitrogens is 3. The van der Waals surface area contributed by atoms with E-state index in [1.54, 1.807) is 10.9 Å². The van der Waals surface area contributed by atoms with Crippen molar-refractivity contribution in [2.24, 2.45) is 0 Å². The molecule has 0 spiro atoms. The maximum absolute atomic E-state index is 12.2. The second-order valence-corrected chi connectivity index (χ2v) is 5.40. The van der Waals surface area contributed by atoms with Crippen molar-refractivity contribution in [3.05, 3.63) is 77.6 Å². The van der Waals surface area contributed by atoms with Crippen LogP contribution >= 0.6 is 0 Å². The molecule has 6 heteroatoms. The molecule has 0 fully saturated rings. The van der Waals surface area contributed by atoms with Gasteiger partial charge in [-0.3, -0.25) is 0 Å². The van der Waals surface area contributed by atoms with E-state index in [0.29, 0.717) is 18.9 Å². The van der Waals surface area contributed by atoms with E-state index in [0.717, 1.165) is 11.1 Å². The smallest absolute Gasteiger partial charge is 0.360 e. The van der Waals surface area contributed by atoms with Gasteiger partial charge in [-0.2, -0.15) is 0 Å². The first-order valence-electron chi connectivity index (χ1n) is 8.08. The summed E-state index contributed by atoms with van der Waals surface area (Å²) in [4.78, 5) is 12.2. The summed E-state index contributed by atoms with van der Waals surface area (Å²) in [5.74, 6) is 0.205. The van der Waals surface area contributed by atoms with Crippen LogP contribution in [0.15, 0.2) is 60.8 Å². The van der Waals surface area contributed by atoms with Crippen LogP contribution in [0.1, 0.15) is 28.5 Å². The maximum atomic E-state index is 12.2. The third kappa shape index (κ3) is 4.44. The van der Waals surface area contributed by atoms with Crippen molar-refractivity contribution >= 4 is 5.97 Å². The monoisotopic (exact) mass is 337 g/mol. The van der Waals surface area contributed by atoms with Crippen molar-refractivity contribution in [3.8, 4) is 5.75 Å². The Morgan fingerprint density at radius 1 is 1.08 bits per heavy atom.